The summed E-state index contributed by atoms with van der Waals surface area (Å²) in [4.78, 5) is 15.9. The molecule has 0 saturated heterocycles. The lowest BCUT2D eigenvalue weighted by molar-refractivity contribution is 0.769. The van der Waals surface area contributed by atoms with Crippen LogP contribution in [0.2, 0.25) is 0 Å². The fourth-order valence-corrected chi connectivity index (χ4v) is 11.4. The monoisotopic (exact) mass is 853 g/mol. The summed E-state index contributed by atoms with van der Waals surface area (Å²) in [6.45, 7) is 4.58. The summed E-state index contributed by atoms with van der Waals surface area (Å²) in [5.41, 5.74) is 19.8. The number of nitrogens with zero attached hydrogens (tertiary/aromatic N) is 3. The minimum Gasteiger partial charge on any atom is -0.256 e. The van der Waals surface area contributed by atoms with Crippen molar-refractivity contribution in [2.24, 2.45) is 0 Å². The van der Waals surface area contributed by atoms with Crippen LogP contribution in [0, 0.1) is 13.8 Å². The Morgan fingerprint density at radius 3 is 1.39 bits per heavy atom. The van der Waals surface area contributed by atoms with Gasteiger partial charge in [0.2, 0.25) is 0 Å². The third-order valence-corrected chi connectivity index (χ3v) is 14.3. The molecule has 12 aromatic rings. The predicted molar refractivity (Wildman–Crippen MR) is 278 cm³/mol. The van der Waals surface area contributed by atoms with Crippen LogP contribution in [0.25, 0.3) is 99.4 Å². The molecule has 0 N–H and O–H groups in total. The molecular weight excluding hydrogens is 811 g/mol. The molecule has 0 saturated carbocycles. The number of fused-ring (bicyclic) bond motifs is 9. The molecule has 13 rings (SSSR count). The third-order valence-electron chi connectivity index (χ3n) is 14.3. The Morgan fingerprint density at radius 1 is 0.343 bits per heavy atom. The van der Waals surface area contributed by atoms with E-state index < -0.39 is 5.41 Å². The molecule has 3 nitrogen and oxygen atoms in total. The topological polar surface area (TPSA) is 38.7 Å². The molecule has 0 unspecified atom stereocenters. The van der Waals surface area contributed by atoms with Crippen molar-refractivity contribution in [1.29, 1.82) is 0 Å². The van der Waals surface area contributed by atoms with Crippen molar-refractivity contribution in [3.05, 3.63) is 258 Å². The first-order valence-electron chi connectivity index (χ1n) is 23.1. The first-order valence-corrected chi connectivity index (χ1v) is 23.1. The number of benzene rings is 9. The Balaban J connectivity index is 1.08. The minimum atomic E-state index is -0.579. The molecule has 0 amide bonds. The Morgan fingerprint density at radius 2 is 0.806 bits per heavy atom. The summed E-state index contributed by atoms with van der Waals surface area (Å²) in [6.07, 6.45) is 1.88. The van der Waals surface area contributed by atoms with Crippen LogP contribution in [-0.2, 0) is 5.41 Å². The molecule has 3 heterocycles. The molecule has 67 heavy (non-hydrogen) atoms. The summed E-state index contributed by atoms with van der Waals surface area (Å²) >= 11 is 0. The summed E-state index contributed by atoms with van der Waals surface area (Å²) in [6, 6.07) is 79.1. The van der Waals surface area contributed by atoms with Crippen molar-refractivity contribution in [2.45, 2.75) is 19.3 Å². The third kappa shape index (κ3) is 5.88. The lowest BCUT2D eigenvalue weighted by Gasteiger charge is -2.34. The molecular formula is C64H43N3. The summed E-state index contributed by atoms with van der Waals surface area (Å²) < 4.78 is 0. The highest BCUT2D eigenvalue weighted by Gasteiger charge is 2.46. The van der Waals surface area contributed by atoms with Crippen molar-refractivity contribution in [2.75, 3.05) is 0 Å². The Kier molecular flexibility index (Phi) is 8.88. The Bertz CT molecular complexity index is 3860. The van der Waals surface area contributed by atoms with Crippen LogP contribution in [0.4, 0.5) is 0 Å². The number of hydrogen-bond donors (Lipinski definition) is 0. The van der Waals surface area contributed by atoms with Crippen molar-refractivity contribution < 1.29 is 0 Å². The van der Waals surface area contributed by atoms with Gasteiger partial charge in [-0.2, -0.15) is 0 Å². The molecule has 1 aliphatic carbocycles. The van der Waals surface area contributed by atoms with Gasteiger partial charge in [0.25, 0.3) is 0 Å². The van der Waals surface area contributed by atoms with E-state index in [0.717, 1.165) is 66.7 Å². The maximum Gasteiger partial charge on any atom is 0.0791 e. The normalized spacial score (nSPS) is 12.7. The maximum absolute atomic E-state index is 5.67. The molecule has 0 fully saturated rings. The highest BCUT2D eigenvalue weighted by atomic mass is 14.7. The number of hydrogen-bond acceptors (Lipinski definition) is 3. The zero-order valence-corrected chi connectivity index (χ0v) is 37.2. The summed E-state index contributed by atoms with van der Waals surface area (Å²) in [5, 5.41) is 7.11. The zero-order valence-electron chi connectivity index (χ0n) is 37.2. The zero-order chi connectivity index (χ0) is 44.6. The minimum absolute atomic E-state index is 0.579. The number of aromatic nitrogens is 3. The van der Waals surface area contributed by atoms with E-state index in [1.165, 1.54) is 66.1 Å². The average molecular weight is 854 g/mol. The van der Waals surface area contributed by atoms with E-state index in [-0.39, 0.29) is 0 Å². The van der Waals surface area contributed by atoms with Gasteiger partial charge in [0.15, 0.2) is 0 Å². The number of para-hydroxylation sites is 1. The van der Waals surface area contributed by atoms with Crippen LogP contribution in [0.1, 0.15) is 33.4 Å². The fraction of sp³-hybridized carbons (Fsp3) is 0.0469. The average Bonchev–Trinajstić information content (AvgIpc) is 3.70. The van der Waals surface area contributed by atoms with E-state index in [0.29, 0.717) is 0 Å². The molecule has 3 aromatic heterocycles. The van der Waals surface area contributed by atoms with Gasteiger partial charge in [-0.15, -0.1) is 0 Å². The second-order valence-electron chi connectivity index (χ2n) is 17.9. The van der Waals surface area contributed by atoms with Gasteiger partial charge in [-0.1, -0.05) is 182 Å². The number of rotatable bonds is 6. The van der Waals surface area contributed by atoms with Crippen LogP contribution in [0.3, 0.4) is 0 Å². The van der Waals surface area contributed by atoms with Crippen molar-refractivity contribution >= 4 is 43.4 Å². The molecule has 0 atom stereocenters. The molecule has 3 heteroatoms. The largest absolute Gasteiger partial charge is 0.256 e. The van der Waals surface area contributed by atoms with E-state index >= 15 is 0 Å². The van der Waals surface area contributed by atoms with Crippen molar-refractivity contribution in [1.82, 2.24) is 15.0 Å². The van der Waals surface area contributed by atoms with Gasteiger partial charge < -0.3 is 0 Å². The van der Waals surface area contributed by atoms with E-state index in [9.17, 15) is 0 Å². The van der Waals surface area contributed by atoms with Crippen molar-refractivity contribution in [3.63, 3.8) is 0 Å². The van der Waals surface area contributed by atoms with Gasteiger partial charge in [0.1, 0.15) is 0 Å². The lowest BCUT2D eigenvalue weighted by Crippen LogP contribution is -2.28. The van der Waals surface area contributed by atoms with E-state index in [2.05, 4.69) is 226 Å². The van der Waals surface area contributed by atoms with Gasteiger partial charge in [0, 0.05) is 44.4 Å². The highest BCUT2D eigenvalue weighted by molar-refractivity contribution is 6.25. The van der Waals surface area contributed by atoms with Gasteiger partial charge in [0.05, 0.1) is 33.5 Å². The highest BCUT2D eigenvalue weighted by Crippen LogP contribution is 2.57. The maximum atomic E-state index is 5.67. The van der Waals surface area contributed by atoms with Gasteiger partial charge in [-0.25, -0.2) is 9.97 Å². The van der Waals surface area contributed by atoms with Gasteiger partial charge in [-0.3, -0.25) is 4.98 Å². The van der Waals surface area contributed by atoms with Crippen LogP contribution >= 0.6 is 0 Å². The van der Waals surface area contributed by atoms with Crippen LogP contribution < -0.4 is 0 Å². The van der Waals surface area contributed by atoms with E-state index in [1.54, 1.807) is 0 Å². The van der Waals surface area contributed by atoms with Crippen molar-refractivity contribution in [3.8, 4) is 56.0 Å². The summed E-state index contributed by atoms with van der Waals surface area (Å²) in [7, 11) is 0. The second kappa shape index (κ2) is 15.3. The molecule has 0 spiro atoms. The number of pyridine rings is 3. The molecule has 314 valence electrons. The number of aryl methyl sites for hydroxylation is 2. The fourth-order valence-electron chi connectivity index (χ4n) is 11.4. The quantitative estimate of drug-likeness (QED) is 0.124. The lowest BCUT2D eigenvalue weighted by atomic mass is 9.67. The standard InChI is InChI=1S/C64H43N3/c1-40-58-51-27-15-16-29-56(51)66-62(42-19-7-3-8-20-42)60(58)41(2)59-52-35-31-45(39-57(52)67-63(61(40)59)43-21-9-4-10-22-43)44-30-33-49-50-34-32-46(55-28-17-18-36-65-55)38-54(50)64(53(49)37-44,47-23-11-5-12-24-47)48-25-13-6-14-26-48/h3-39H,1-2H3. The Labute approximate surface area is 389 Å². The molecule has 9 aromatic carbocycles. The first-order chi connectivity index (χ1) is 33.1. The van der Waals surface area contributed by atoms with Crippen LogP contribution in [0.15, 0.2) is 225 Å². The second-order valence-corrected chi connectivity index (χ2v) is 17.9. The smallest absolute Gasteiger partial charge is 0.0791 e. The molecule has 0 bridgehead atoms. The predicted octanol–water partition coefficient (Wildman–Crippen LogP) is 16.1. The van der Waals surface area contributed by atoms with Gasteiger partial charge in [-0.05, 0) is 117 Å². The Hall–Kier alpha value is -8.53. The van der Waals surface area contributed by atoms with Crippen LogP contribution in [0.5, 0.6) is 0 Å². The molecule has 0 aliphatic heterocycles. The van der Waals surface area contributed by atoms with Gasteiger partial charge >= 0.3 is 0 Å². The molecule has 1 aliphatic rings. The van der Waals surface area contributed by atoms with E-state index in [4.69, 9.17) is 15.0 Å². The van der Waals surface area contributed by atoms with E-state index in [1.807, 2.05) is 12.3 Å². The van der Waals surface area contributed by atoms with Crippen LogP contribution in [-0.4, -0.2) is 15.0 Å². The molecule has 0 radical (unpaired) electrons. The first kappa shape index (κ1) is 38.9. The summed E-state index contributed by atoms with van der Waals surface area (Å²) in [5.74, 6) is 0. The SMILES string of the molecule is Cc1c2c(-c3ccccc3)nc3cc(-c4ccc5c(c4)C(c4ccccc4)(c4ccccc4)c4cc(-c6ccccn6)ccc4-5)ccc3c2c(C)c2c(-c3ccccc3)nc3ccccc3c12.